The largest absolute Gasteiger partial charge is 0.573 e. The molecule has 37 heavy (non-hydrogen) atoms. The molecule has 2 aliphatic rings. The van der Waals surface area contributed by atoms with Gasteiger partial charge in [-0.3, -0.25) is 9.48 Å². The zero-order valence-electron chi connectivity index (χ0n) is 19.8. The third kappa shape index (κ3) is 4.90. The number of halogens is 4. The number of nitrogens with zero attached hydrogens (tertiary/aromatic N) is 2. The zero-order valence-corrected chi connectivity index (χ0v) is 19.8. The van der Waals surface area contributed by atoms with Crippen LogP contribution in [0.2, 0.25) is 0 Å². The van der Waals surface area contributed by atoms with Crippen LogP contribution in [0.3, 0.4) is 0 Å². The summed E-state index contributed by atoms with van der Waals surface area (Å²) in [5.41, 5.74) is 0.583. The first kappa shape index (κ1) is 24.8. The van der Waals surface area contributed by atoms with Crippen molar-refractivity contribution in [2.24, 2.45) is 0 Å². The minimum absolute atomic E-state index is 0.0206. The highest BCUT2D eigenvalue weighted by molar-refractivity contribution is 6.04. The molecule has 2 fully saturated rings. The van der Waals surface area contributed by atoms with Gasteiger partial charge < -0.3 is 14.8 Å². The molecule has 2 saturated carbocycles. The molecule has 0 aliphatic heterocycles. The van der Waals surface area contributed by atoms with E-state index in [0.717, 1.165) is 37.0 Å². The van der Waals surface area contributed by atoms with Gasteiger partial charge in [0.15, 0.2) is 0 Å². The van der Waals surface area contributed by atoms with E-state index >= 15 is 0 Å². The Morgan fingerprint density at radius 3 is 2.49 bits per heavy atom. The maximum atomic E-state index is 14.7. The van der Waals surface area contributed by atoms with Crippen molar-refractivity contribution in [1.29, 1.82) is 0 Å². The highest BCUT2D eigenvalue weighted by atomic mass is 19.4. The van der Waals surface area contributed by atoms with Gasteiger partial charge in [0.25, 0.3) is 0 Å². The second-order valence-electron chi connectivity index (χ2n) is 9.27. The maximum Gasteiger partial charge on any atom is 0.573 e. The monoisotopic (exact) mass is 517 g/mol. The molecule has 3 aromatic rings. The average Bonchev–Trinajstić information content (AvgIpc) is 3.48. The molecule has 1 aromatic heterocycles. The first-order valence-corrected chi connectivity index (χ1v) is 11.7. The molecule has 0 bridgehead atoms. The predicted octanol–water partition coefficient (Wildman–Crippen LogP) is 5.77. The maximum absolute atomic E-state index is 14.7. The summed E-state index contributed by atoms with van der Waals surface area (Å²) in [5.74, 6) is -2.81. The summed E-state index contributed by atoms with van der Waals surface area (Å²) >= 11 is 0. The topological polar surface area (TPSA) is 82.4 Å². The van der Waals surface area contributed by atoms with Crippen molar-refractivity contribution in [2.45, 2.75) is 49.9 Å². The molecule has 7 nitrogen and oxygen atoms in total. The number of hydrogen-bond acceptors (Lipinski definition) is 5. The Hall–Kier alpha value is -3.89. The van der Waals surface area contributed by atoms with Crippen LogP contribution in [-0.2, 0) is 14.9 Å². The number of hydrogen-bond donors (Lipinski definition) is 1. The van der Waals surface area contributed by atoms with Crippen LogP contribution in [0.25, 0.3) is 11.1 Å². The predicted molar refractivity (Wildman–Crippen MR) is 125 cm³/mol. The van der Waals surface area contributed by atoms with Gasteiger partial charge in [-0.25, -0.2) is 9.18 Å². The van der Waals surface area contributed by atoms with E-state index in [1.165, 1.54) is 13.2 Å². The lowest BCUT2D eigenvalue weighted by atomic mass is 9.93. The van der Waals surface area contributed by atoms with Gasteiger partial charge in [-0.2, -0.15) is 5.10 Å². The van der Waals surface area contributed by atoms with Crippen LogP contribution in [0.15, 0.2) is 48.8 Å². The highest BCUT2D eigenvalue weighted by Gasteiger charge is 2.53. The number of carbonyl (C=O) groups is 2. The van der Waals surface area contributed by atoms with Gasteiger partial charge >= 0.3 is 12.3 Å². The summed E-state index contributed by atoms with van der Waals surface area (Å²) < 4.78 is 62.6. The Bertz CT molecular complexity index is 1360. The Kier molecular flexibility index (Phi) is 6.17. The number of anilines is 1. The fourth-order valence-electron chi connectivity index (χ4n) is 4.56. The van der Waals surface area contributed by atoms with Crippen molar-refractivity contribution in [3.8, 4) is 16.9 Å². The molecule has 1 N–H and O–H groups in total. The van der Waals surface area contributed by atoms with E-state index in [9.17, 15) is 27.2 Å². The number of aromatic nitrogens is 2. The molecule has 0 saturated heterocycles. The molecule has 0 unspecified atom stereocenters. The SMILES string of the molecule is COC(=O)c1cc(NC(=O)C2(c3ccc(OC(F)(F)F)cc3F)CC2)ccc1-c1cnn(C2CCC2)c1. The van der Waals surface area contributed by atoms with Crippen LogP contribution < -0.4 is 10.1 Å². The highest BCUT2D eigenvalue weighted by Crippen LogP contribution is 2.50. The summed E-state index contributed by atoms with van der Waals surface area (Å²) in [6.07, 6.45) is 2.48. The third-order valence-electron chi connectivity index (χ3n) is 6.92. The van der Waals surface area contributed by atoms with Crippen molar-refractivity contribution in [2.75, 3.05) is 12.4 Å². The van der Waals surface area contributed by atoms with E-state index < -0.39 is 35.2 Å². The van der Waals surface area contributed by atoms with Crippen LogP contribution >= 0.6 is 0 Å². The van der Waals surface area contributed by atoms with Crippen molar-refractivity contribution in [1.82, 2.24) is 9.78 Å². The normalized spacial score (nSPS) is 16.6. The second-order valence-corrected chi connectivity index (χ2v) is 9.27. The lowest BCUT2D eigenvalue weighted by Gasteiger charge is -2.25. The Morgan fingerprint density at radius 1 is 1.14 bits per heavy atom. The number of esters is 1. The second kappa shape index (κ2) is 9.20. The van der Waals surface area contributed by atoms with E-state index in [4.69, 9.17) is 4.74 Å². The quantitative estimate of drug-likeness (QED) is 0.318. The van der Waals surface area contributed by atoms with Gasteiger partial charge in [0.1, 0.15) is 11.6 Å². The van der Waals surface area contributed by atoms with Crippen molar-refractivity contribution >= 4 is 17.6 Å². The smallest absolute Gasteiger partial charge is 0.465 e. The van der Waals surface area contributed by atoms with Gasteiger partial charge in [-0.05, 0) is 55.9 Å². The van der Waals surface area contributed by atoms with Crippen molar-refractivity contribution in [3.05, 3.63) is 65.7 Å². The van der Waals surface area contributed by atoms with E-state index in [1.807, 2.05) is 10.9 Å². The van der Waals surface area contributed by atoms with Gasteiger partial charge in [-0.1, -0.05) is 12.1 Å². The van der Waals surface area contributed by atoms with Crippen LogP contribution in [0.5, 0.6) is 5.75 Å². The van der Waals surface area contributed by atoms with Crippen LogP contribution in [0.1, 0.15) is 54.1 Å². The number of nitrogens with one attached hydrogen (secondary N) is 1. The molecule has 2 aliphatic carbocycles. The minimum atomic E-state index is -4.96. The number of methoxy groups -OCH3 is 1. The minimum Gasteiger partial charge on any atom is -0.465 e. The van der Waals surface area contributed by atoms with Gasteiger partial charge in [0, 0.05) is 29.1 Å². The molecular formula is C26H23F4N3O4. The van der Waals surface area contributed by atoms with Gasteiger partial charge in [0.05, 0.1) is 30.3 Å². The number of amides is 1. The molecule has 11 heteroatoms. The molecule has 0 atom stereocenters. The number of alkyl halides is 3. The summed E-state index contributed by atoms with van der Waals surface area (Å²) in [4.78, 5) is 25.7. The summed E-state index contributed by atoms with van der Waals surface area (Å²) in [7, 11) is 1.25. The number of carbonyl (C=O) groups excluding carboxylic acids is 2. The fraction of sp³-hybridized carbons (Fsp3) is 0.346. The fourth-order valence-corrected chi connectivity index (χ4v) is 4.56. The Morgan fingerprint density at radius 2 is 1.89 bits per heavy atom. The molecule has 0 spiro atoms. The lowest BCUT2D eigenvalue weighted by Crippen LogP contribution is -2.29. The zero-order chi connectivity index (χ0) is 26.4. The van der Waals surface area contributed by atoms with E-state index in [0.29, 0.717) is 36.2 Å². The Balaban J connectivity index is 1.38. The molecule has 1 heterocycles. The first-order chi connectivity index (χ1) is 17.6. The number of rotatable bonds is 7. The van der Waals surface area contributed by atoms with Gasteiger partial charge in [0.2, 0.25) is 5.91 Å². The molecule has 1 amide bonds. The van der Waals surface area contributed by atoms with Crippen molar-refractivity contribution < 1.29 is 36.6 Å². The molecule has 5 rings (SSSR count). The number of benzene rings is 2. The third-order valence-corrected chi connectivity index (χ3v) is 6.92. The lowest BCUT2D eigenvalue weighted by molar-refractivity contribution is -0.274. The molecule has 2 aromatic carbocycles. The summed E-state index contributed by atoms with van der Waals surface area (Å²) in [6.45, 7) is 0. The molecule has 0 radical (unpaired) electrons. The van der Waals surface area contributed by atoms with Crippen LogP contribution in [0.4, 0.5) is 23.2 Å². The molecule has 194 valence electrons. The standard InChI is InChI=1S/C26H23F4N3O4/c1-36-23(34)20-11-16(5-7-19(20)15-13-31-33(14-15)17-3-2-4-17)32-24(35)25(9-10-25)21-8-6-18(12-22(21)27)37-26(28,29)30/h5-8,11-14,17H,2-4,9-10H2,1H3,(H,32,35). The summed E-state index contributed by atoms with van der Waals surface area (Å²) in [6, 6.07) is 7.84. The van der Waals surface area contributed by atoms with Crippen molar-refractivity contribution in [3.63, 3.8) is 0 Å². The van der Waals surface area contributed by atoms with E-state index in [2.05, 4.69) is 15.2 Å². The van der Waals surface area contributed by atoms with Crippen LogP contribution in [-0.4, -0.2) is 35.1 Å². The Labute approximate surface area is 209 Å². The number of ether oxygens (including phenoxy) is 2. The van der Waals surface area contributed by atoms with E-state index in [-0.39, 0.29) is 11.1 Å². The summed E-state index contributed by atoms with van der Waals surface area (Å²) in [5, 5.41) is 7.13. The molecular weight excluding hydrogens is 494 g/mol. The average molecular weight is 517 g/mol. The first-order valence-electron chi connectivity index (χ1n) is 11.7. The van der Waals surface area contributed by atoms with Gasteiger partial charge in [-0.15, -0.1) is 13.2 Å². The van der Waals surface area contributed by atoms with E-state index in [1.54, 1.807) is 18.3 Å². The van der Waals surface area contributed by atoms with Crippen LogP contribution in [0, 0.1) is 5.82 Å².